The zero-order valence-electron chi connectivity index (χ0n) is 22.5. The topological polar surface area (TPSA) is 70.5 Å². The molecule has 0 fully saturated rings. The number of aromatic nitrogens is 2. The summed E-state index contributed by atoms with van der Waals surface area (Å²) in [6.45, 7) is 7.12. The molecule has 7 nitrogen and oxygen atoms in total. The lowest BCUT2D eigenvalue weighted by atomic mass is 10.1. The number of likely N-dealkylation sites (N-methyl/N-ethyl adjacent to an activating group) is 1. The van der Waals surface area contributed by atoms with E-state index in [1.54, 1.807) is 15.5 Å². The Bertz CT molecular complexity index is 1480. The molecular formula is C30H34BrN5O2. The van der Waals surface area contributed by atoms with Crippen LogP contribution in [0.3, 0.4) is 0 Å². The molecule has 0 aliphatic carbocycles. The highest BCUT2D eigenvalue weighted by atomic mass is 79.9. The number of carbonyl (C=O) groups excluding carboxylic acids is 1. The van der Waals surface area contributed by atoms with E-state index in [-0.39, 0.29) is 11.6 Å². The average Bonchev–Trinajstić information content (AvgIpc) is 2.89. The SMILES string of the molecule is CCC(c1nc2ccccc2c(=O)n1-c1ccc(Br)cc1)N(CCN(C)C)C(=O)Nc1c(C)cccc1C. The molecule has 1 heterocycles. The van der Waals surface area contributed by atoms with Crippen molar-refractivity contribution in [1.29, 1.82) is 0 Å². The predicted molar refractivity (Wildman–Crippen MR) is 158 cm³/mol. The second kappa shape index (κ2) is 11.9. The monoisotopic (exact) mass is 575 g/mol. The van der Waals surface area contributed by atoms with Gasteiger partial charge >= 0.3 is 6.03 Å². The average molecular weight is 577 g/mol. The smallest absolute Gasteiger partial charge is 0.313 e. The van der Waals surface area contributed by atoms with Crippen molar-refractivity contribution in [3.8, 4) is 5.69 Å². The number of hydrogen-bond acceptors (Lipinski definition) is 4. The molecule has 0 saturated carbocycles. The fourth-order valence-electron chi connectivity index (χ4n) is 4.65. The quantitative estimate of drug-likeness (QED) is 0.267. The molecule has 0 aliphatic rings. The number of rotatable bonds is 8. The molecular weight excluding hydrogens is 542 g/mol. The van der Waals surface area contributed by atoms with Gasteiger partial charge in [-0.05, 0) is 81.9 Å². The van der Waals surface area contributed by atoms with Gasteiger partial charge in [0.2, 0.25) is 0 Å². The van der Waals surface area contributed by atoms with Crippen LogP contribution in [0.5, 0.6) is 0 Å². The van der Waals surface area contributed by atoms with Crippen LogP contribution < -0.4 is 10.9 Å². The normalized spacial score (nSPS) is 12.1. The first kappa shape index (κ1) is 27.5. The van der Waals surface area contributed by atoms with E-state index in [4.69, 9.17) is 4.98 Å². The number of para-hydroxylation sites is 2. The highest BCUT2D eigenvalue weighted by Gasteiger charge is 2.29. The molecule has 1 N–H and O–H groups in total. The van der Waals surface area contributed by atoms with Crippen LogP contribution in [0.1, 0.15) is 36.3 Å². The van der Waals surface area contributed by atoms with Gasteiger partial charge in [-0.2, -0.15) is 0 Å². The fraction of sp³-hybridized carbons (Fsp3) is 0.300. The van der Waals surface area contributed by atoms with Crippen molar-refractivity contribution < 1.29 is 4.79 Å². The summed E-state index contributed by atoms with van der Waals surface area (Å²) in [6, 6.07) is 20.2. The molecule has 0 bridgehead atoms. The van der Waals surface area contributed by atoms with Crippen molar-refractivity contribution in [1.82, 2.24) is 19.4 Å². The Balaban J connectivity index is 1.88. The zero-order valence-corrected chi connectivity index (χ0v) is 24.1. The Hall–Kier alpha value is -3.49. The molecule has 2 amide bonds. The zero-order chi connectivity index (χ0) is 27.4. The van der Waals surface area contributed by atoms with Gasteiger partial charge in [-0.1, -0.05) is 53.2 Å². The summed E-state index contributed by atoms with van der Waals surface area (Å²) in [5.41, 5.74) is 3.95. The van der Waals surface area contributed by atoms with E-state index in [2.05, 4.69) is 21.2 Å². The molecule has 1 atom stereocenters. The molecule has 0 spiro atoms. The number of urea groups is 1. The van der Waals surface area contributed by atoms with Crippen molar-refractivity contribution in [2.24, 2.45) is 0 Å². The van der Waals surface area contributed by atoms with Gasteiger partial charge in [0, 0.05) is 23.2 Å². The van der Waals surface area contributed by atoms with E-state index in [1.807, 2.05) is 100 Å². The van der Waals surface area contributed by atoms with Crippen LogP contribution in [0, 0.1) is 13.8 Å². The number of anilines is 1. The Labute approximate surface area is 232 Å². The Morgan fingerprint density at radius 3 is 2.26 bits per heavy atom. The maximum atomic E-state index is 13.9. The van der Waals surface area contributed by atoms with Gasteiger partial charge in [0.05, 0.1) is 22.6 Å². The van der Waals surface area contributed by atoms with E-state index in [0.717, 1.165) is 21.3 Å². The highest BCUT2D eigenvalue weighted by molar-refractivity contribution is 9.10. The van der Waals surface area contributed by atoms with Gasteiger partial charge in [0.1, 0.15) is 5.82 Å². The molecule has 198 valence electrons. The van der Waals surface area contributed by atoms with Crippen LogP contribution in [0.15, 0.2) is 76.0 Å². The van der Waals surface area contributed by atoms with E-state index in [1.165, 1.54) is 0 Å². The lowest BCUT2D eigenvalue weighted by Crippen LogP contribution is -2.44. The third kappa shape index (κ3) is 5.81. The Kier molecular flexibility index (Phi) is 8.64. The number of fused-ring (bicyclic) bond motifs is 1. The number of nitrogens with zero attached hydrogens (tertiary/aromatic N) is 4. The minimum absolute atomic E-state index is 0.158. The lowest BCUT2D eigenvalue weighted by Gasteiger charge is -2.33. The van der Waals surface area contributed by atoms with E-state index >= 15 is 0 Å². The van der Waals surface area contributed by atoms with Crippen molar-refractivity contribution in [3.63, 3.8) is 0 Å². The molecule has 0 radical (unpaired) electrons. The van der Waals surface area contributed by atoms with Gasteiger partial charge in [-0.3, -0.25) is 9.36 Å². The predicted octanol–water partition coefficient (Wildman–Crippen LogP) is 6.31. The minimum atomic E-state index is -0.444. The third-order valence-electron chi connectivity index (χ3n) is 6.71. The summed E-state index contributed by atoms with van der Waals surface area (Å²) < 4.78 is 2.56. The van der Waals surface area contributed by atoms with Crippen LogP contribution in [-0.4, -0.2) is 52.6 Å². The highest BCUT2D eigenvalue weighted by Crippen LogP contribution is 2.28. The van der Waals surface area contributed by atoms with Gasteiger partial charge in [0.15, 0.2) is 0 Å². The van der Waals surface area contributed by atoms with E-state index in [0.29, 0.717) is 41.9 Å². The van der Waals surface area contributed by atoms with Crippen molar-refractivity contribution in [3.05, 3.63) is 98.5 Å². The number of nitrogens with one attached hydrogen (secondary N) is 1. The second-order valence-corrected chi connectivity index (χ2v) is 10.6. The fourth-order valence-corrected chi connectivity index (χ4v) is 4.92. The summed E-state index contributed by atoms with van der Waals surface area (Å²) in [4.78, 5) is 36.6. The second-order valence-electron chi connectivity index (χ2n) is 9.72. The summed E-state index contributed by atoms with van der Waals surface area (Å²) in [5.74, 6) is 0.536. The number of benzene rings is 3. The lowest BCUT2D eigenvalue weighted by molar-refractivity contribution is 0.173. The number of carbonyl (C=O) groups is 1. The summed E-state index contributed by atoms with van der Waals surface area (Å²) >= 11 is 3.49. The van der Waals surface area contributed by atoms with E-state index < -0.39 is 6.04 Å². The van der Waals surface area contributed by atoms with Crippen molar-refractivity contribution >= 4 is 38.6 Å². The maximum Gasteiger partial charge on any atom is 0.322 e. The molecule has 4 aromatic rings. The third-order valence-corrected chi connectivity index (χ3v) is 7.24. The van der Waals surface area contributed by atoms with E-state index in [9.17, 15) is 9.59 Å². The van der Waals surface area contributed by atoms with Crippen LogP contribution in [0.25, 0.3) is 16.6 Å². The van der Waals surface area contributed by atoms with Gasteiger partial charge in [-0.25, -0.2) is 9.78 Å². The molecule has 3 aromatic carbocycles. The number of halogens is 1. The first-order chi connectivity index (χ1) is 18.2. The summed E-state index contributed by atoms with van der Waals surface area (Å²) in [7, 11) is 3.96. The molecule has 0 saturated heterocycles. The molecule has 38 heavy (non-hydrogen) atoms. The molecule has 8 heteroatoms. The minimum Gasteiger partial charge on any atom is -0.313 e. The molecule has 1 unspecified atom stereocenters. The summed E-state index contributed by atoms with van der Waals surface area (Å²) in [6.07, 6.45) is 0.578. The largest absolute Gasteiger partial charge is 0.322 e. The molecule has 4 rings (SSSR count). The van der Waals surface area contributed by atoms with Crippen molar-refractivity contribution in [2.75, 3.05) is 32.5 Å². The van der Waals surface area contributed by atoms with Crippen LogP contribution in [-0.2, 0) is 0 Å². The van der Waals surface area contributed by atoms with Gasteiger partial charge < -0.3 is 15.1 Å². The standard InChI is InChI=1S/C30H34BrN5O2/c1-6-26(35(19-18-34(4)5)30(38)33-27-20(2)10-9-11-21(27)3)28-32-25-13-8-7-12-24(25)29(37)36(28)23-16-14-22(31)15-17-23/h7-17,26H,6,18-19H2,1-5H3,(H,33,38). The van der Waals surface area contributed by atoms with Crippen LogP contribution in [0.4, 0.5) is 10.5 Å². The number of aryl methyl sites for hydroxylation is 2. The number of amides is 2. The number of hydrogen-bond donors (Lipinski definition) is 1. The van der Waals surface area contributed by atoms with Crippen molar-refractivity contribution in [2.45, 2.75) is 33.2 Å². The maximum absolute atomic E-state index is 13.9. The Morgan fingerprint density at radius 1 is 0.974 bits per heavy atom. The molecule has 0 aliphatic heterocycles. The first-order valence-electron chi connectivity index (χ1n) is 12.8. The summed E-state index contributed by atoms with van der Waals surface area (Å²) in [5, 5.41) is 3.69. The van der Waals surface area contributed by atoms with Crippen LogP contribution in [0.2, 0.25) is 0 Å². The first-order valence-corrected chi connectivity index (χ1v) is 13.6. The van der Waals surface area contributed by atoms with Gasteiger partial charge in [-0.15, -0.1) is 0 Å². The molecule has 1 aromatic heterocycles. The van der Waals surface area contributed by atoms with Gasteiger partial charge in [0.25, 0.3) is 5.56 Å². The Morgan fingerprint density at radius 2 is 1.63 bits per heavy atom. The van der Waals surface area contributed by atoms with Crippen LogP contribution >= 0.6 is 15.9 Å².